The number of anilines is 1. The molecule has 0 aliphatic carbocycles. The van der Waals surface area contributed by atoms with Crippen molar-refractivity contribution >= 4 is 23.2 Å². The summed E-state index contributed by atoms with van der Waals surface area (Å²) in [4.78, 5) is 12.2. The molecule has 0 radical (unpaired) electrons. The number of nitrogens with one attached hydrogen (secondary N) is 1. The van der Waals surface area contributed by atoms with E-state index >= 15 is 0 Å². The summed E-state index contributed by atoms with van der Waals surface area (Å²) in [7, 11) is 0. The Morgan fingerprint density at radius 3 is 2.40 bits per heavy atom. The first-order valence-corrected chi connectivity index (χ1v) is 7.18. The summed E-state index contributed by atoms with van der Waals surface area (Å²) in [5.74, 6) is -0.114. The van der Waals surface area contributed by atoms with Crippen LogP contribution >= 0.6 is 11.6 Å². The molecule has 20 heavy (non-hydrogen) atoms. The number of carbonyl (C=O) groups is 1. The Bertz CT molecular complexity index is 590. The number of aryl methyl sites for hydroxylation is 1. The Balaban J connectivity index is 2.19. The van der Waals surface area contributed by atoms with Crippen LogP contribution in [-0.2, 0) is 6.42 Å². The van der Waals surface area contributed by atoms with Crippen LogP contribution in [0.4, 0.5) is 5.69 Å². The van der Waals surface area contributed by atoms with Gasteiger partial charge in [-0.2, -0.15) is 0 Å². The van der Waals surface area contributed by atoms with E-state index in [4.69, 9.17) is 11.6 Å². The third-order valence-corrected chi connectivity index (χ3v) is 3.50. The maximum absolute atomic E-state index is 12.2. The molecule has 0 aliphatic heterocycles. The Labute approximate surface area is 124 Å². The normalized spacial score (nSPS) is 11.9. The molecule has 0 bridgehead atoms. The lowest BCUT2D eigenvalue weighted by atomic mass is 10.1. The fraction of sp³-hybridized carbons (Fsp3) is 0.235. The minimum Gasteiger partial charge on any atom is -0.322 e. The van der Waals surface area contributed by atoms with Crippen molar-refractivity contribution in [2.24, 2.45) is 0 Å². The number of alkyl halides is 1. The number of para-hydroxylation sites is 1. The Hall–Kier alpha value is -1.80. The number of halogens is 1. The van der Waals surface area contributed by atoms with Crippen LogP contribution in [0.25, 0.3) is 0 Å². The standard InChI is InChI=1S/C17H18ClNO/c1-3-13-8-10-14(11-9-13)17(20)19-16-7-5-4-6-15(16)12(2)18/h4-12H,3H2,1-2H3,(H,19,20). The van der Waals surface area contributed by atoms with Gasteiger partial charge in [-0.1, -0.05) is 37.3 Å². The average molecular weight is 288 g/mol. The number of carbonyl (C=O) groups excluding carboxylic acids is 1. The van der Waals surface area contributed by atoms with Crippen molar-refractivity contribution in [2.45, 2.75) is 25.6 Å². The van der Waals surface area contributed by atoms with Crippen molar-refractivity contribution in [1.29, 1.82) is 0 Å². The first-order valence-electron chi connectivity index (χ1n) is 6.75. The van der Waals surface area contributed by atoms with Crippen molar-refractivity contribution < 1.29 is 4.79 Å². The van der Waals surface area contributed by atoms with E-state index in [0.717, 1.165) is 17.7 Å². The van der Waals surface area contributed by atoms with E-state index in [2.05, 4.69) is 12.2 Å². The summed E-state index contributed by atoms with van der Waals surface area (Å²) in [6.07, 6.45) is 0.967. The molecular formula is C17H18ClNO. The third-order valence-electron chi connectivity index (χ3n) is 3.26. The summed E-state index contributed by atoms with van der Waals surface area (Å²) in [5.41, 5.74) is 3.56. The molecule has 2 aromatic rings. The molecule has 2 nitrogen and oxygen atoms in total. The highest BCUT2D eigenvalue weighted by Crippen LogP contribution is 2.27. The van der Waals surface area contributed by atoms with Crippen LogP contribution in [-0.4, -0.2) is 5.91 Å². The van der Waals surface area contributed by atoms with Crippen LogP contribution in [0.3, 0.4) is 0 Å². The van der Waals surface area contributed by atoms with E-state index in [1.165, 1.54) is 5.56 Å². The van der Waals surface area contributed by atoms with E-state index in [1.807, 2.05) is 55.5 Å². The first kappa shape index (κ1) is 14.6. The number of rotatable bonds is 4. The average Bonchev–Trinajstić information content (AvgIpc) is 2.47. The first-order chi connectivity index (χ1) is 9.61. The molecule has 0 saturated heterocycles. The van der Waals surface area contributed by atoms with Crippen molar-refractivity contribution in [3.63, 3.8) is 0 Å². The van der Waals surface area contributed by atoms with Gasteiger partial charge < -0.3 is 5.32 Å². The van der Waals surface area contributed by atoms with Crippen LogP contribution in [0, 0.1) is 0 Å². The van der Waals surface area contributed by atoms with Gasteiger partial charge in [0.05, 0.1) is 5.38 Å². The highest BCUT2D eigenvalue weighted by Gasteiger charge is 2.11. The second-order valence-electron chi connectivity index (χ2n) is 4.71. The quantitative estimate of drug-likeness (QED) is 0.804. The van der Waals surface area contributed by atoms with E-state index < -0.39 is 0 Å². The van der Waals surface area contributed by atoms with Crippen molar-refractivity contribution in [3.05, 3.63) is 65.2 Å². The Kier molecular flexibility index (Phi) is 4.80. The van der Waals surface area contributed by atoms with Gasteiger partial charge in [0.15, 0.2) is 0 Å². The molecular weight excluding hydrogens is 270 g/mol. The van der Waals surface area contributed by atoms with Crippen LogP contribution in [0.15, 0.2) is 48.5 Å². The molecule has 1 atom stereocenters. The molecule has 1 unspecified atom stereocenters. The van der Waals surface area contributed by atoms with E-state index in [0.29, 0.717) is 5.56 Å². The van der Waals surface area contributed by atoms with Gasteiger partial charge in [0.1, 0.15) is 0 Å². The van der Waals surface area contributed by atoms with Crippen molar-refractivity contribution in [3.8, 4) is 0 Å². The monoisotopic (exact) mass is 287 g/mol. The summed E-state index contributed by atoms with van der Waals surface area (Å²) in [6.45, 7) is 3.98. The lowest BCUT2D eigenvalue weighted by molar-refractivity contribution is 0.102. The zero-order chi connectivity index (χ0) is 14.5. The van der Waals surface area contributed by atoms with Gasteiger partial charge in [-0.05, 0) is 42.7 Å². The van der Waals surface area contributed by atoms with Crippen LogP contribution in [0.5, 0.6) is 0 Å². The molecule has 2 rings (SSSR count). The lowest BCUT2D eigenvalue weighted by Gasteiger charge is -2.12. The topological polar surface area (TPSA) is 29.1 Å². The maximum atomic E-state index is 12.2. The zero-order valence-corrected chi connectivity index (χ0v) is 12.4. The molecule has 0 aromatic heterocycles. The molecule has 1 N–H and O–H groups in total. The smallest absolute Gasteiger partial charge is 0.255 e. The molecule has 2 aromatic carbocycles. The molecule has 0 spiro atoms. The molecule has 0 aliphatic rings. The number of hydrogen-bond acceptors (Lipinski definition) is 1. The molecule has 1 amide bonds. The lowest BCUT2D eigenvalue weighted by Crippen LogP contribution is -2.13. The fourth-order valence-electron chi connectivity index (χ4n) is 2.04. The van der Waals surface area contributed by atoms with Gasteiger partial charge in [0.25, 0.3) is 5.91 Å². The third kappa shape index (κ3) is 3.40. The van der Waals surface area contributed by atoms with Gasteiger partial charge in [0.2, 0.25) is 0 Å². The molecule has 0 fully saturated rings. The van der Waals surface area contributed by atoms with Crippen LogP contribution < -0.4 is 5.32 Å². The van der Waals surface area contributed by atoms with Gasteiger partial charge in [0, 0.05) is 11.3 Å². The molecule has 0 saturated carbocycles. The molecule has 3 heteroatoms. The highest BCUT2D eigenvalue weighted by atomic mass is 35.5. The van der Waals surface area contributed by atoms with E-state index in [1.54, 1.807) is 0 Å². The number of benzene rings is 2. The maximum Gasteiger partial charge on any atom is 0.255 e. The minimum atomic E-state index is -0.144. The van der Waals surface area contributed by atoms with Crippen molar-refractivity contribution in [2.75, 3.05) is 5.32 Å². The highest BCUT2D eigenvalue weighted by molar-refractivity contribution is 6.21. The van der Waals surface area contributed by atoms with Gasteiger partial charge in [-0.15, -0.1) is 11.6 Å². The van der Waals surface area contributed by atoms with Crippen molar-refractivity contribution in [1.82, 2.24) is 0 Å². The predicted octanol–water partition coefficient (Wildman–Crippen LogP) is 4.80. The zero-order valence-electron chi connectivity index (χ0n) is 11.7. The van der Waals surface area contributed by atoms with Gasteiger partial charge >= 0.3 is 0 Å². The van der Waals surface area contributed by atoms with Crippen LogP contribution in [0.2, 0.25) is 0 Å². The number of amides is 1. The fourth-order valence-corrected chi connectivity index (χ4v) is 2.23. The van der Waals surface area contributed by atoms with E-state index in [9.17, 15) is 4.79 Å². The van der Waals surface area contributed by atoms with Gasteiger partial charge in [-0.3, -0.25) is 4.79 Å². The second kappa shape index (κ2) is 6.58. The Morgan fingerprint density at radius 1 is 1.15 bits per heavy atom. The van der Waals surface area contributed by atoms with Crippen LogP contribution in [0.1, 0.15) is 40.7 Å². The van der Waals surface area contributed by atoms with Gasteiger partial charge in [-0.25, -0.2) is 0 Å². The summed E-state index contributed by atoms with van der Waals surface area (Å²) < 4.78 is 0. The summed E-state index contributed by atoms with van der Waals surface area (Å²) in [6, 6.07) is 15.2. The number of hydrogen-bond donors (Lipinski definition) is 1. The minimum absolute atomic E-state index is 0.114. The summed E-state index contributed by atoms with van der Waals surface area (Å²) >= 11 is 6.13. The molecule has 0 heterocycles. The Morgan fingerprint density at radius 2 is 1.80 bits per heavy atom. The van der Waals surface area contributed by atoms with E-state index in [-0.39, 0.29) is 11.3 Å². The largest absolute Gasteiger partial charge is 0.322 e. The molecule has 104 valence electrons. The second-order valence-corrected chi connectivity index (χ2v) is 5.36. The predicted molar refractivity (Wildman–Crippen MR) is 84.5 cm³/mol. The summed E-state index contributed by atoms with van der Waals surface area (Å²) in [5, 5.41) is 2.78. The SMILES string of the molecule is CCc1ccc(C(=O)Nc2ccccc2C(C)Cl)cc1.